The van der Waals surface area contributed by atoms with Crippen molar-refractivity contribution in [2.75, 3.05) is 0 Å². The van der Waals surface area contributed by atoms with Gasteiger partial charge in [-0.2, -0.15) is 0 Å². The highest BCUT2D eigenvalue weighted by Crippen LogP contribution is 2.40. The first-order chi connectivity index (χ1) is 13.9. The lowest BCUT2D eigenvalue weighted by atomic mass is 10.1. The number of allylic oxidation sites excluding steroid dienone is 1. The van der Waals surface area contributed by atoms with E-state index in [0.29, 0.717) is 22.6 Å². The maximum absolute atomic E-state index is 14.1. The Morgan fingerprint density at radius 3 is 2.55 bits per heavy atom. The minimum absolute atomic E-state index is 0.00853. The molecule has 0 atom stereocenters. The van der Waals surface area contributed by atoms with Crippen LogP contribution in [0.2, 0.25) is 5.02 Å². The lowest BCUT2D eigenvalue weighted by molar-refractivity contribution is 0.101. The predicted molar refractivity (Wildman–Crippen MR) is 106 cm³/mol. The van der Waals surface area contributed by atoms with Crippen LogP contribution in [0.3, 0.4) is 0 Å². The first-order valence-corrected chi connectivity index (χ1v) is 9.21. The van der Waals surface area contributed by atoms with E-state index in [4.69, 9.17) is 21.1 Å². The van der Waals surface area contributed by atoms with Crippen LogP contribution in [0, 0.1) is 18.6 Å². The lowest BCUT2D eigenvalue weighted by Gasteiger charge is -2.11. The van der Waals surface area contributed by atoms with Gasteiger partial charge in [0.1, 0.15) is 29.7 Å². The quantitative estimate of drug-likeness (QED) is 0.484. The van der Waals surface area contributed by atoms with E-state index in [2.05, 4.69) is 0 Å². The summed E-state index contributed by atoms with van der Waals surface area (Å²) in [6, 6.07) is 13.6. The third kappa shape index (κ3) is 3.74. The smallest absolute Gasteiger partial charge is 0.231 e. The van der Waals surface area contributed by atoms with Gasteiger partial charge in [-0.25, -0.2) is 8.78 Å². The first-order valence-electron chi connectivity index (χ1n) is 8.83. The first kappa shape index (κ1) is 19.2. The molecule has 3 nitrogen and oxygen atoms in total. The number of benzene rings is 3. The Morgan fingerprint density at radius 2 is 1.83 bits per heavy atom. The van der Waals surface area contributed by atoms with Crippen molar-refractivity contribution in [2.45, 2.75) is 13.5 Å². The number of ketones is 1. The third-order valence-electron chi connectivity index (χ3n) is 4.62. The molecule has 29 heavy (non-hydrogen) atoms. The summed E-state index contributed by atoms with van der Waals surface area (Å²) in [6.07, 6.45) is 1.30. The summed E-state index contributed by atoms with van der Waals surface area (Å²) in [5, 5.41) is 0.185. The minimum Gasteiger partial charge on any atom is -0.488 e. The highest BCUT2D eigenvalue weighted by atomic mass is 35.5. The van der Waals surface area contributed by atoms with Gasteiger partial charge >= 0.3 is 0 Å². The number of ether oxygens (including phenoxy) is 2. The molecule has 0 aromatic heterocycles. The highest BCUT2D eigenvalue weighted by Gasteiger charge is 2.30. The van der Waals surface area contributed by atoms with Crippen LogP contribution in [0.1, 0.15) is 27.0 Å². The number of carbonyl (C=O) groups excluding carboxylic acids is 1. The number of rotatable bonds is 4. The zero-order valence-electron chi connectivity index (χ0n) is 15.3. The maximum Gasteiger partial charge on any atom is 0.231 e. The van der Waals surface area contributed by atoms with E-state index in [1.54, 1.807) is 31.2 Å². The van der Waals surface area contributed by atoms with Crippen LogP contribution < -0.4 is 9.47 Å². The third-order valence-corrected chi connectivity index (χ3v) is 4.95. The van der Waals surface area contributed by atoms with Gasteiger partial charge in [0.25, 0.3) is 0 Å². The van der Waals surface area contributed by atoms with Gasteiger partial charge in [0.15, 0.2) is 5.76 Å². The van der Waals surface area contributed by atoms with Gasteiger partial charge in [0.2, 0.25) is 5.78 Å². The zero-order chi connectivity index (χ0) is 20.5. The zero-order valence-corrected chi connectivity index (χ0v) is 16.1. The Labute approximate surface area is 171 Å². The highest BCUT2D eigenvalue weighted by molar-refractivity contribution is 6.32. The molecule has 146 valence electrons. The van der Waals surface area contributed by atoms with Crippen LogP contribution in [-0.4, -0.2) is 5.78 Å². The monoisotopic (exact) mass is 412 g/mol. The Balaban J connectivity index is 1.60. The Bertz CT molecular complexity index is 1120. The summed E-state index contributed by atoms with van der Waals surface area (Å²) in [4.78, 5) is 12.7. The number of carbonyl (C=O) groups is 1. The van der Waals surface area contributed by atoms with Gasteiger partial charge < -0.3 is 9.47 Å². The van der Waals surface area contributed by atoms with Crippen molar-refractivity contribution in [3.8, 4) is 11.5 Å². The van der Waals surface area contributed by atoms with Crippen molar-refractivity contribution in [1.29, 1.82) is 0 Å². The van der Waals surface area contributed by atoms with Crippen LogP contribution in [0.15, 0.2) is 60.4 Å². The summed E-state index contributed by atoms with van der Waals surface area (Å²) >= 11 is 6.04. The molecule has 1 heterocycles. The number of halogens is 3. The minimum atomic E-state index is -0.544. The van der Waals surface area contributed by atoms with Crippen molar-refractivity contribution < 1.29 is 23.0 Å². The molecule has 0 spiro atoms. The maximum atomic E-state index is 14.1. The molecule has 0 saturated heterocycles. The molecular weight excluding hydrogens is 398 g/mol. The molecule has 0 amide bonds. The Kier molecular flexibility index (Phi) is 5.07. The summed E-state index contributed by atoms with van der Waals surface area (Å²) in [6.45, 7) is 2.01. The van der Waals surface area contributed by atoms with Gasteiger partial charge in [-0.1, -0.05) is 29.8 Å². The second-order valence-corrected chi connectivity index (χ2v) is 6.96. The lowest BCUT2D eigenvalue weighted by Crippen LogP contribution is -1.99. The largest absolute Gasteiger partial charge is 0.488 e. The summed E-state index contributed by atoms with van der Waals surface area (Å²) in [5.41, 5.74) is 1.91. The summed E-state index contributed by atoms with van der Waals surface area (Å²) in [7, 11) is 0. The van der Waals surface area contributed by atoms with E-state index >= 15 is 0 Å². The molecule has 4 rings (SSSR count). The Hall–Kier alpha value is -3.18. The summed E-state index contributed by atoms with van der Waals surface area (Å²) < 4.78 is 38.6. The number of Topliss-reactive ketones (excluding diaryl/α,β-unsaturated/α-hetero) is 1. The van der Waals surface area contributed by atoms with Gasteiger partial charge in [-0.15, -0.1) is 0 Å². The standard InChI is InChI=1S/C23H15ClF2O3/c1-13-20(28-12-14-5-7-15(25)8-6-14)10-9-16-22(27)21(29-23(13)16)11-17-18(24)3-2-4-19(17)26/h2-11H,12H2,1H3/b21-11-. The molecule has 3 aromatic rings. The molecule has 0 aliphatic carbocycles. The van der Waals surface area contributed by atoms with Crippen LogP contribution in [0.25, 0.3) is 6.08 Å². The molecule has 0 unspecified atom stereocenters. The second kappa shape index (κ2) is 7.68. The molecule has 0 radical (unpaired) electrons. The van der Waals surface area contributed by atoms with E-state index in [0.717, 1.165) is 5.56 Å². The number of hydrogen-bond donors (Lipinski definition) is 0. The van der Waals surface area contributed by atoms with Crippen LogP contribution in [0.5, 0.6) is 11.5 Å². The number of fused-ring (bicyclic) bond motifs is 1. The molecular formula is C23H15ClF2O3. The molecule has 3 aromatic carbocycles. The van der Waals surface area contributed by atoms with Crippen LogP contribution in [0.4, 0.5) is 8.78 Å². The average molecular weight is 413 g/mol. The molecule has 0 N–H and O–H groups in total. The van der Waals surface area contributed by atoms with Crippen molar-refractivity contribution in [1.82, 2.24) is 0 Å². The SMILES string of the molecule is Cc1c(OCc2ccc(F)cc2)ccc2c1O/C(=C\c1c(F)cccc1Cl)C2=O. The van der Waals surface area contributed by atoms with Crippen LogP contribution >= 0.6 is 11.6 Å². The van der Waals surface area contributed by atoms with E-state index in [1.165, 1.54) is 36.4 Å². The predicted octanol–water partition coefficient (Wildman–Crippen LogP) is 6.12. The molecule has 1 aliphatic heterocycles. The molecule has 0 saturated carbocycles. The molecule has 0 fully saturated rings. The average Bonchev–Trinajstić information content (AvgIpc) is 3.02. The number of hydrogen-bond acceptors (Lipinski definition) is 3. The second-order valence-electron chi connectivity index (χ2n) is 6.56. The van der Waals surface area contributed by atoms with Gasteiger partial charge in [-0.3, -0.25) is 4.79 Å². The van der Waals surface area contributed by atoms with E-state index in [9.17, 15) is 13.6 Å². The van der Waals surface area contributed by atoms with Gasteiger partial charge in [0, 0.05) is 11.1 Å². The fourth-order valence-electron chi connectivity index (χ4n) is 3.05. The van der Waals surface area contributed by atoms with Gasteiger partial charge in [-0.05, 0) is 55.0 Å². The molecule has 0 bridgehead atoms. The fraction of sp³-hybridized carbons (Fsp3) is 0.0870. The molecule has 1 aliphatic rings. The van der Waals surface area contributed by atoms with Crippen molar-refractivity contribution in [2.24, 2.45) is 0 Å². The normalized spacial score (nSPS) is 14.1. The van der Waals surface area contributed by atoms with Gasteiger partial charge in [0.05, 0.1) is 10.6 Å². The van der Waals surface area contributed by atoms with E-state index < -0.39 is 5.82 Å². The van der Waals surface area contributed by atoms with Crippen molar-refractivity contribution in [3.05, 3.63) is 99.3 Å². The topological polar surface area (TPSA) is 35.5 Å². The van der Waals surface area contributed by atoms with E-state index in [1.807, 2.05) is 0 Å². The fourth-order valence-corrected chi connectivity index (χ4v) is 3.26. The van der Waals surface area contributed by atoms with Crippen molar-refractivity contribution in [3.63, 3.8) is 0 Å². The van der Waals surface area contributed by atoms with E-state index in [-0.39, 0.29) is 34.6 Å². The van der Waals surface area contributed by atoms with Crippen LogP contribution in [-0.2, 0) is 6.61 Å². The van der Waals surface area contributed by atoms with Crippen molar-refractivity contribution >= 4 is 23.5 Å². The molecule has 6 heteroatoms. The summed E-state index contributed by atoms with van der Waals surface area (Å²) in [5.74, 6) is -0.323. The Morgan fingerprint density at radius 1 is 1.07 bits per heavy atom.